The molecule has 1 aromatic carbocycles. The van der Waals surface area contributed by atoms with Crippen LogP contribution in [0.2, 0.25) is 0 Å². The summed E-state index contributed by atoms with van der Waals surface area (Å²) >= 11 is 0. The molecular weight excluding hydrogens is 364 g/mol. The number of hydrogen-bond acceptors (Lipinski definition) is 3. The first-order valence-electron chi connectivity index (χ1n) is 8.00. The molecule has 1 aliphatic carbocycles. The van der Waals surface area contributed by atoms with E-state index in [-0.39, 0.29) is 42.2 Å². The van der Waals surface area contributed by atoms with E-state index in [9.17, 15) is 9.18 Å². The molecular formula is C18H20Cl2FN3O. The minimum atomic E-state index is -0.375. The first-order valence-corrected chi connectivity index (χ1v) is 8.00. The van der Waals surface area contributed by atoms with Gasteiger partial charge in [-0.2, -0.15) is 0 Å². The number of rotatable bonds is 3. The van der Waals surface area contributed by atoms with Crippen LogP contribution in [-0.2, 0) is 13.0 Å². The lowest BCUT2D eigenvalue weighted by Crippen LogP contribution is -2.25. The zero-order chi connectivity index (χ0) is 15.8. The van der Waals surface area contributed by atoms with Gasteiger partial charge in [0.2, 0.25) is 0 Å². The molecule has 1 saturated carbocycles. The minimum Gasteiger partial charge on any atom is -0.318 e. The average molecular weight is 384 g/mol. The summed E-state index contributed by atoms with van der Waals surface area (Å²) in [6, 6.07) is 7.14. The predicted molar refractivity (Wildman–Crippen MR) is 100 cm³/mol. The van der Waals surface area contributed by atoms with Gasteiger partial charge in [0.1, 0.15) is 11.5 Å². The predicted octanol–water partition coefficient (Wildman–Crippen LogP) is 3.84. The third-order valence-electron chi connectivity index (χ3n) is 4.52. The van der Waals surface area contributed by atoms with Crippen LogP contribution in [0.5, 0.6) is 0 Å². The Hall–Kier alpha value is -1.69. The van der Waals surface area contributed by atoms with Gasteiger partial charge in [0.05, 0.1) is 5.69 Å². The Balaban J connectivity index is 0.00000113. The van der Waals surface area contributed by atoms with Crippen LogP contribution < -0.4 is 10.6 Å². The molecule has 0 unspecified atom stereocenters. The van der Waals surface area contributed by atoms with Crippen molar-refractivity contribution in [2.45, 2.75) is 31.7 Å². The van der Waals surface area contributed by atoms with Gasteiger partial charge in [-0.15, -0.1) is 24.8 Å². The minimum absolute atomic E-state index is 0. The van der Waals surface area contributed by atoms with E-state index in [2.05, 4.69) is 15.6 Å². The molecule has 2 N–H and O–H groups in total. The van der Waals surface area contributed by atoms with Gasteiger partial charge in [-0.3, -0.25) is 9.78 Å². The lowest BCUT2D eigenvalue weighted by molar-refractivity contribution is 0.102. The Morgan fingerprint density at radius 3 is 2.68 bits per heavy atom. The second kappa shape index (κ2) is 8.13. The number of carbonyl (C=O) groups is 1. The summed E-state index contributed by atoms with van der Waals surface area (Å²) in [5, 5.41) is 5.85. The van der Waals surface area contributed by atoms with Crippen LogP contribution in [0.4, 0.5) is 10.1 Å². The molecule has 1 aromatic heterocycles. The number of halogens is 3. The molecule has 0 atom stereocenters. The van der Waals surface area contributed by atoms with Crippen molar-refractivity contribution < 1.29 is 9.18 Å². The third-order valence-corrected chi connectivity index (χ3v) is 4.52. The highest BCUT2D eigenvalue weighted by Gasteiger charge is 2.24. The second-order valence-electron chi connectivity index (χ2n) is 6.20. The van der Waals surface area contributed by atoms with Crippen LogP contribution >= 0.6 is 24.8 Å². The number of pyridine rings is 1. The van der Waals surface area contributed by atoms with Crippen LogP contribution in [0.25, 0.3) is 0 Å². The Labute approximate surface area is 158 Å². The van der Waals surface area contributed by atoms with Gasteiger partial charge in [-0.1, -0.05) is 12.1 Å². The molecule has 2 heterocycles. The monoisotopic (exact) mass is 383 g/mol. The molecule has 1 fully saturated rings. The van der Waals surface area contributed by atoms with Gasteiger partial charge in [0, 0.05) is 12.7 Å². The van der Waals surface area contributed by atoms with Crippen molar-refractivity contribution in [2.75, 3.05) is 11.9 Å². The van der Waals surface area contributed by atoms with Crippen molar-refractivity contribution in [1.82, 2.24) is 10.3 Å². The molecule has 0 saturated heterocycles. The summed E-state index contributed by atoms with van der Waals surface area (Å²) in [7, 11) is 0. The fraction of sp³-hybridized carbons (Fsp3) is 0.333. The van der Waals surface area contributed by atoms with Crippen LogP contribution in [-0.4, -0.2) is 17.4 Å². The Kier molecular flexibility index (Phi) is 6.38. The van der Waals surface area contributed by atoms with Gasteiger partial charge in [-0.05, 0) is 60.5 Å². The Morgan fingerprint density at radius 1 is 1.20 bits per heavy atom. The highest BCUT2D eigenvalue weighted by Crippen LogP contribution is 2.39. The highest BCUT2D eigenvalue weighted by molar-refractivity contribution is 6.03. The van der Waals surface area contributed by atoms with Crippen molar-refractivity contribution in [2.24, 2.45) is 0 Å². The zero-order valence-electron chi connectivity index (χ0n) is 13.5. The fourth-order valence-corrected chi connectivity index (χ4v) is 3.01. The summed E-state index contributed by atoms with van der Waals surface area (Å²) < 4.78 is 14.5. The molecule has 7 heteroatoms. The van der Waals surface area contributed by atoms with Crippen molar-refractivity contribution in [3.63, 3.8) is 0 Å². The highest BCUT2D eigenvalue weighted by atomic mass is 35.5. The lowest BCUT2D eigenvalue weighted by Gasteiger charge is -2.19. The number of carbonyl (C=O) groups excluding carboxylic acids is 1. The zero-order valence-corrected chi connectivity index (χ0v) is 15.2. The average Bonchev–Trinajstić information content (AvgIpc) is 3.43. The Bertz CT molecular complexity index is 764. The van der Waals surface area contributed by atoms with E-state index in [1.165, 1.54) is 18.4 Å². The van der Waals surface area contributed by atoms with Crippen molar-refractivity contribution >= 4 is 36.4 Å². The first kappa shape index (κ1) is 19.6. The molecule has 4 nitrogen and oxygen atoms in total. The number of hydrogen-bond donors (Lipinski definition) is 2. The molecule has 25 heavy (non-hydrogen) atoms. The van der Waals surface area contributed by atoms with Crippen LogP contribution in [0.1, 0.15) is 45.9 Å². The van der Waals surface area contributed by atoms with Crippen LogP contribution in [0.15, 0.2) is 30.5 Å². The van der Waals surface area contributed by atoms with E-state index in [1.807, 2.05) is 12.1 Å². The van der Waals surface area contributed by atoms with E-state index in [0.717, 1.165) is 12.1 Å². The van der Waals surface area contributed by atoms with Gasteiger partial charge in [0.25, 0.3) is 5.91 Å². The maximum atomic E-state index is 14.5. The van der Waals surface area contributed by atoms with Gasteiger partial charge in [0.15, 0.2) is 0 Å². The van der Waals surface area contributed by atoms with Crippen molar-refractivity contribution in [1.29, 1.82) is 0 Å². The third kappa shape index (κ3) is 4.11. The smallest absolute Gasteiger partial charge is 0.274 e. The molecule has 0 spiro atoms. The fourth-order valence-electron chi connectivity index (χ4n) is 3.01. The van der Waals surface area contributed by atoms with Gasteiger partial charge in [-0.25, -0.2) is 4.39 Å². The van der Waals surface area contributed by atoms with Crippen LogP contribution in [0.3, 0.4) is 0 Å². The Morgan fingerprint density at radius 2 is 2.00 bits per heavy atom. The molecule has 4 rings (SSSR count). The standard InChI is InChI=1S/C18H18FN3O.2ClH/c19-17-14-7-8-20-9-13(14)4-5-15(17)22-18(23)16-6-3-12(10-21-16)11-1-2-11;;/h3-6,10-11,20H,1-2,7-9H2,(H,22,23);2*1H. The molecule has 0 bridgehead atoms. The summed E-state index contributed by atoms with van der Waals surface area (Å²) in [5.74, 6) is -0.0987. The number of amides is 1. The summed E-state index contributed by atoms with van der Waals surface area (Å²) in [6.07, 6.45) is 4.78. The number of nitrogens with one attached hydrogen (secondary N) is 2. The maximum Gasteiger partial charge on any atom is 0.274 e. The number of benzene rings is 1. The van der Waals surface area contributed by atoms with Gasteiger partial charge >= 0.3 is 0 Å². The van der Waals surface area contributed by atoms with E-state index >= 15 is 0 Å². The molecule has 2 aliphatic rings. The number of fused-ring (bicyclic) bond motifs is 1. The molecule has 1 aliphatic heterocycles. The van der Waals surface area contributed by atoms with Crippen molar-refractivity contribution in [3.8, 4) is 0 Å². The van der Waals surface area contributed by atoms with E-state index in [4.69, 9.17) is 0 Å². The topological polar surface area (TPSA) is 54.0 Å². The second-order valence-corrected chi connectivity index (χ2v) is 6.20. The lowest BCUT2D eigenvalue weighted by atomic mass is 9.99. The van der Waals surface area contributed by atoms with Crippen LogP contribution in [0, 0.1) is 5.82 Å². The first-order chi connectivity index (χ1) is 11.2. The number of nitrogens with zero attached hydrogens (tertiary/aromatic N) is 1. The van der Waals surface area contributed by atoms with E-state index in [1.54, 1.807) is 18.3 Å². The molecule has 134 valence electrons. The summed E-state index contributed by atoms with van der Waals surface area (Å²) in [4.78, 5) is 16.5. The number of aromatic nitrogens is 1. The largest absolute Gasteiger partial charge is 0.318 e. The summed E-state index contributed by atoms with van der Waals surface area (Å²) in [6.45, 7) is 1.43. The SMILES string of the molecule is Cl.Cl.O=C(Nc1ccc2c(c1F)CCNC2)c1ccc(C2CC2)cn1. The van der Waals surface area contributed by atoms with Gasteiger partial charge < -0.3 is 10.6 Å². The quantitative estimate of drug-likeness (QED) is 0.846. The van der Waals surface area contributed by atoms with E-state index < -0.39 is 0 Å². The van der Waals surface area contributed by atoms with E-state index in [0.29, 0.717) is 30.1 Å². The molecule has 0 radical (unpaired) electrons. The van der Waals surface area contributed by atoms with Crippen molar-refractivity contribution in [3.05, 3.63) is 58.7 Å². The molecule has 1 amide bonds. The number of anilines is 1. The molecule has 2 aromatic rings. The normalized spacial score (nSPS) is 15.4. The maximum absolute atomic E-state index is 14.5. The summed E-state index contributed by atoms with van der Waals surface area (Å²) in [5.41, 5.74) is 3.36.